The van der Waals surface area contributed by atoms with Gasteiger partial charge in [-0.3, -0.25) is 14.5 Å². The molecule has 3 aromatic rings. The summed E-state index contributed by atoms with van der Waals surface area (Å²) in [7, 11) is -4.26. The number of sulfone groups is 1. The largest absolute Gasteiger partial charge is 0.304 e. The van der Waals surface area contributed by atoms with Gasteiger partial charge in [0.05, 0.1) is 12.2 Å². The van der Waals surface area contributed by atoms with Crippen LogP contribution in [0.4, 0.5) is 15.8 Å². The second kappa shape index (κ2) is 7.15. The Bertz CT molecular complexity index is 1380. The van der Waals surface area contributed by atoms with Gasteiger partial charge in [0.2, 0.25) is 5.91 Å². The van der Waals surface area contributed by atoms with E-state index in [1.807, 2.05) is 0 Å². The minimum Gasteiger partial charge on any atom is -0.304 e. The molecule has 1 fully saturated rings. The summed E-state index contributed by atoms with van der Waals surface area (Å²) in [6.45, 7) is 0.0188. The van der Waals surface area contributed by atoms with Crippen molar-refractivity contribution in [3.63, 3.8) is 0 Å². The number of halogens is 2. The maximum Gasteiger partial charge on any atom is 0.274 e. The SMILES string of the molecule is O=C1CS(=O)(=O)C2(C(=O)N(Cc3ccc(F)cc3)c3ccccc32)N1c1cccc(Cl)c1. The van der Waals surface area contributed by atoms with Crippen LogP contribution in [-0.4, -0.2) is 26.0 Å². The molecule has 9 heteroatoms. The number of nitrogens with zero attached hydrogens (tertiary/aromatic N) is 2. The first-order chi connectivity index (χ1) is 15.3. The third kappa shape index (κ3) is 2.79. The molecule has 2 heterocycles. The Morgan fingerprint density at radius 1 is 0.969 bits per heavy atom. The summed E-state index contributed by atoms with van der Waals surface area (Å²) < 4.78 is 40.3. The lowest BCUT2D eigenvalue weighted by molar-refractivity contribution is -0.123. The minimum atomic E-state index is -4.26. The van der Waals surface area contributed by atoms with Gasteiger partial charge in [-0.15, -0.1) is 0 Å². The quantitative estimate of drug-likeness (QED) is 0.585. The van der Waals surface area contributed by atoms with Crippen LogP contribution in [-0.2, 0) is 30.8 Å². The monoisotopic (exact) mass is 470 g/mol. The highest BCUT2D eigenvalue weighted by Crippen LogP contribution is 2.52. The second-order valence-electron chi connectivity index (χ2n) is 7.65. The van der Waals surface area contributed by atoms with Gasteiger partial charge in [-0.1, -0.05) is 48.0 Å². The zero-order chi connectivity index (χ0) is 22.7. The van der Waals surface area contributed by atoms with E-state index in [9.17, 15) is 22.4 Å². The normalized spacial score (nSPS) is 21.4. The zero-order valence-corrected chi connectivity index (χ0v) is 18.1. The van der Waals surface area contributed by atoms with Crippen molar-refractivity contribution >= 4 is 44.6 Å². The Morgan fingerprint density at radius 2 is 1.69 bits per heavy atom. The van der Waals surface area contributed by atoms with Crippen molar-refractivity contribution in [1.29, 1.82) is 0 Å². The van der Waals surface area contributed by atoms with Gasteiger partial charge in [-0.2, -0.15) is 0 Å². The van der Waals surface area contributed by atoms with Gasteiger partial charge >= 0.3 is 0 Å². The number of para-hydroxylation sites is 1. The third-order valence-electron chi connectivity index (χ3n) is 5.74. The van der Waals surface area contributed by atoms with E-state index in [0.29, 0.717) is 16.3 Å². The summed E-state index contributed by atoms with van der Waals surface area (Å²) in [5.74, 6) is -2.69. The number of hydrogen-bond donors (Lipinski definition) is 0. The van der Waals surface area contributed by atoms with Crippen molar-refractivity contribution in [3.05, 3.63) is 94.8 Å². The van der Waals surface area contributed by atoms with Crippen LogP contribution in [0.1, 0.15) is 11.1 Å². The molecule has 6 nitrogen and oxygen atoms in total. The number of carbonyl (C=O) groups excluding carboxylic acids is 2. The first-order valence-electron chi connectivity index (χ1n) is 9.72. The summed E-state index contributed by atoms with van der Waals surface area (Å²) >= 11 is 6.11. The number of hydrogen-bond acceptors (Lipinski definition) is 4. The fourth-order valence-corrected chi connectivity index (χ4v) is 6.65. The van der Waals surface area contributed by atoms with Crippen molar-refractivity contribution in [2.45, 2.75) is 11.4 Å². The molecule has 2 amide bonds. The van der Waals surface area contributed by atoms with E-state index in [4.69, 9.17) is 11.6 Å². The predicted octanol–water partition coefficient (Wildman–Crippen LogP) is 3.64. The topological polar surface area (TPSA) is 74.8 Å². The van der Waals surface area contributed by atoms with Crippen LogP contribution in [0.5, 0.6) is 0 Å². The number of fused-ring (bicyclic) bond motifs is 2. The summed E-state index contributed by atoms with van der Waals surface area (Å²) in [6, 6.07) is 18.3. The second-order valence-corrected chi connectivity index (χ2v) is 10.2. The average Bonchev–Trinajstić information content (AvgIpc) is 3.12. The molecule has 0 saturated carbocycles. The Hall–Kier alpha value is -3.23. The number of amides is 2. The summed E-state index contributed by atoms with van der Waals surface area (Å²) in [5, 5.41) is 0.302. The summed E-state index contributed by atoms with van der Waals surface area (Å²) in [6.07, 6.45) is 0. The molecule has 1 saturated heterocycles. The van der Waals surface area contributed by atoms with E-state index in [2.05, 4.69) is 0 Å². The Kier molecular flexibility index (Phi) is 4.61. The van der Waals surface area contributed by atoms with Gasteiger partial charge < -0.3 is 4.90 Å². The third-order valence-corrected chi connectivity index (χ3v) is 8.08. The van der Waals surface area contributed by atoms with Crippen LogP contribution in [0.15, 0.2) is 72.8 Å². The molecule has 0 N–H and O–H groups in total. The first kappa shape index (κ1) is 20.7. The van der Waals surface area contributed by atoms with Crippen molar-refractivity contribution in [2.75, 3.05) is 15.6 Å². The van der Waals surface area contributed by atoms with E-state index >= 15 is 0 Å². The van der Waals surface area contributed by atoms with Gasteiger partial charge in [0.1, 0.15) is 11.6 Å². The van der Waals surface area contributed by atoms with E-state index < -0.39 is 38.1 Å². The fourth-order valence-electron chi connectivity index (χ4n) is 4.44. The van der Waals surface area contributed by atoms with Crippen LogP contribution >= 0.6 is 11.6 Å². The molecule has 0 radical (unpaired) electrons. The molecule has 0 bridgehead atoms. The lowest BCUT2D eigenvalue weighted by atomic mass is 10.0. The average molecular weight is 471 g/mol. The van der Waals surface area contributed by atoms with Gasteiger partial charge in [-0.05, 0) is 42.0 Å². The smallest absolute Gasteiger partial charge is 0.274 e. The van der Waals surface area contributed by atoms with Crippen molar-refractivity contribution < 1.29 is 22.4 Å². The molecule has 2 aliphatic heterocycles. The Balaban J connectivity index is 1.73. The molecule has 1 atom stereocenters. The summed E-state index contributed by atoms with van der Waals surface area (Å²) in [5.41, 5.74) is 1.42. The van der Waals surface area contributed by atoms with Crippen molar-refractivity contribution in [3.8, 4) is 0 Å². The maximum absolute atomic E-state index is 13.9. The van der Waals surface area contributed by atoms with Crippen molar-refractivity contribution in [1.82, 2.24) is 0 Å². The van der Waals surface area contributed by atoms with E-state index in [1.165, 1.54) is 35.2 Å². The van der Waals surface area contributed by atoms with E-state index in [1.54, 1.807) is 42.5 Å². The predicted molar refractivity (Wildman–Crippen MR) is 118 cm³/mol. The first-order valence-corrected chi connectivity index (χ1v) is 11.8. The zero-order valence-electron chi connectivity index (χ0n) is 16.5. The highest BCUT2D eigenvalue weighted by Gasteiger charge is 2.69. The standard InChI is InChI=1S/C23H16ClFN2O4S/c24-16-4-3-5-18(12-16)27-21(28)14-32(30,31)23(27)19-6-1-2-7-20(19)26(22(23)29)13-15-8-10-17(25)11-9-15/h1-12H,13-14H2. The van der Waals surface area contributed by atoms with Crippen molar-refractivity contribution in [2.24, 2.45) is 0 Å². The molecular weight excluding hydrogens is 455 g/mol. The van der Waals surface area contributed by atoms with Gasteiger partial charge in [0.15, 0.2) is 9.84 Å². The maximum atomic E-state index is 13.9. The van der Waals surface area contributed by atoms with Crippen LogP contribution < -0.4 is 9.80 Å². The van der Waals surface area contributed by atoms with Crippen LogP contribution in [0.3, 0.4) is 0 Å². The molecule has 3 aromatic carbocycles. The molecule has 32 heavy (non-hydrogen) atoms. The summed E-state index contributed by atoms with van der Waals surface area (Å²) in [4.78, 5) is 27.1. The highest BCUT2D eigenvalue weighted by atomic mass is 35.5. The molecule has 5 rings (SSSR count). The molecule has 0 aromatic heterocycles. The Labute approximate surface area is 188 Å². The fraction of sp³-hybridized carbons (Fsp3) is 0.130. The highest BCUT2D eigenvalue weighted by molar-refractivity contribution is 7.94. The minimum absolute atomic E-state index is 0.0188. The number of rotatable bonds is 3. The lowest BCUT2D eigenvalue weighted by Crippen LogP contribution is -2.54. The molecule has 2 aliphatic rings. The molecule has 0 aliphatic carbocycles. The molecule has 162 valence electrons. The lowest BCUT2D eigenvalue weighted by Gasteiger charge is -2.32. The van der Waals surface area contributed by atoms with E-state index in [-0.39, 0.29) is 17.8 Å². The van der Waals surface area contributed by atoms with Gasteiger partial charge in [0.25, 0.3) is 10.8 Å². The Morgan fingerprint density at radius 3 is 2.41 bits per heavy atom. The molecular formula is C23H16ClFN2O4S. The van der Waals surface area contributed by atoms with Crippen LogP contribution in [0, 0.1) is 5.82 Å². The van der Waals surface area contributed by atoms with E-state index in [0.717, 1.165) is 4.90 Å². The molecule has 1 unspecified atom stereocenters. The van der Waals surface area contributed by atoms with Crippen LogP contribution in [0.2, 0.25) is 5.02 Å². The number of benzene rings is 3. The molecule has 1 spiro atoms. The number of carbonyl (C=O) groups is 2. The number of anilines is 2. The van der Waals surface area contributed by atoms with Gasteiger partial charge in [-0.25, -0.2) is 12.8 Å². The van der Waals surface area contributed by atoms with Gasteiger partial charge in [0, 0.05) is 16.3 Å². The van der Waals surface area contributed by atoms with Crippen LogP contribution in [0.25, 0.3) is 0 Å².